The average Bonchev–Trinajstić information content (AvgIpc) is 3.25. The number of nitrogens with zero attached hydrogens (tertiary/aromatic N) is 5. The summed E-state index contributed by atoms with van der Waals surface area (Å²) in [4.78, 5) is 21.3. The molecule has 0 radical (unpaired) electrons. The molecule has 8 heteroatoms. The number of pyridine rings is 1. The normalized spacial score (nSPS) is 14.9. The number of halogens is 2. The van der Waals surface area contributed by atoms with Crippen molar-refractivity contribution in [2.45, 2.75) is 19.9 Å². The van der Waals surface area contributed by atoms with Crippen LogP contribution in [0, 0.1) is 0 Å². The van der Waals surface area contributed by atoms with Crippen molar-refractivity contribution in [2.75, 3.05) is 31.1 Å². The highest BCUT2D eigenvalue weighted by molar-refractivity contribution is 7.18. The molecular formula is C24H23Cl2N5S. The quantitative estimate of drug-likeness (QED) is 0.351. The fourth-order valence-corrected chi connectivity index (χ4v) is 5.43. The molecule has 3 aromatic heterocycles. The molecule has 32 heavy (non-hydrogen) atoms. The molecule has 4 heterocycles. The monoisotopic (exact) mass is 483 g/mol. The molecular weight excluding hydrogens is 461 g/mol. The van der Waals surface area contributed by atoms with Crippen molar-refractivity contribution in [1.82, 2.24) is 19.9 Å². The van der Waals surface area contributed by atoms with Crippen molar-refractivity contribution < 1.29 is 0 Å². The van der Waals surface area contributed by atoms with Gasteiger partial charge in [-0.25, -0.2) is 9.97 Å². The van der Waals surface area contributed by atoms with Crippen LogP contribution in [0.15, 0.2) is 48.8 Å². The first-order valence-corrected chi connectivity index (χ1v) is 12.3. The zero-order chi connectivity index (χ0) is 22.1. The maximum atomic E-state index is 6.39. The van der Waals surface area contributed by atoms with E-state index in [0.717, 1.165) is 77.2 Å². The van der Waals surface area contributed by atoms with Crippen LogP contribution < -0.4 is 4.90 Å². The van der Waals surface area contributed by atoms with Crippen LogP contribution >= 0.6 is 34.5 Å². The number of hydrogen-bond acceptors (Lipinski definition) is 6. The lowest BCUT2D eigenvalue weighted by Gasteiger charge is -2.36. The van der Waals surface area contributed by atoms with Gasteiger partial charge in [0.1, 0.15) is 10.6 Å². The van der Waals surface area contributed by atoms with Gasteiger partial charge in [-0.15, -0.1) is 11.3 Å². The van der Waals surface area contributed by atoms with Crippen molar-refractivity contribution >= 4 is 50.6 Å². The van der Waals surface area contributed by atoms with Crippen molar-refractivity contribution in [2.24, 2.45) is 0 Å². The van der Waals surface area contributed by atoms with E-state index in [0.29, 0.717) is 5.02 Å². The second-order valence-corrected chi connectivity index (χ2v) is 9.86. The van der Waals surface area contributed by atoms with Crippen molar-refractivity contribution in [3.63, 3.8) is 0 Å². The number of thiophene rings is 1. The first-order valence-electron chi connectivity index (χ1n) is 10.7. The lowest BCUT2D eigenvalue weighted by atomic mass is 10.2. The lowest BCUT2D eigenvalue weighted by Crippen LogP contribution is -2.46. The second kappa shape index (κ2) is 9.32. The Morgan fingerprint density at radius 2 is 1.88 bits per heavy atom. The predicted octanol–water partition coefficient (Wildman–Crippen LogP) is 5.94. The number of benzene rings is 1. The summed E-state index contributed by atoms with van der Waals surface area (Å²) in [5.74, 6) is 1.76. The number of anilines is 1. The molecule has 0 amide bonds. The highest BCUT2D eigenvalue weighted by Crippen LogP contribution is 2.34. The van der Waals surface area contributed by atoms with Crippen LogP contribution in [0.4, 0.5) is 5.82 Å². The van der Waals surface area contributed by atoms with Crippen molar-refractivity contribution in [3.05, 3.63) is 69.3 Å². The van der Waals surface area contributed by atoms with Gasteiger partial charge in [0.05, 0.1) is 5.39 Å². The predicted molar refractivity (Wildman–Crippen MR) is 134 cm³/mol. The Bertz CT molecular complexity index is 1240. The minimum atomic E-state index is 0.669. The highest BCUT2D eigenvalue weighted by Gasteiger charge is 2.23. The van der Waals surface area contributed by atoms with Gasteiger partial charge >= 0.3 is 0 Å². The summed E-state index contributed by atoms with van der Waals surface area (Å²) in [5.41, 5.74) is 2.05. The highest BCUT2D eigenvalue weighted by atomic mass is 35.5. The van der Waals surface area contributed by atoms with Crippen LogP contribution in [0.5, 0.6) is 0 Å². The summed E-state index contributed by atoms with van der Waals surface area (Å²) >= 11 is 14.2. The fraction of sp³-hybridized carbons (Fsp3) is 0.292. The SMILES string of the molecule is CCc1cc2c(N3CCN(Cc4ccc(Cl)cc4Cl)CC3)nc(-c3cccnc3)nc2s1. The molecule has 1 saturated heterocycles. The summed E-state index contributed by atoms with van der Waals surface area (Å²) < 4.78 is 0. The Balaban J connectivity index is 1.40. The molecule has 0 aliphatic carbocycles. The van der Waals surface area contributed by atoms with Crippen LogP contribution in [-0.2, 0) is 13.0 Å². The van der Waals surface area contributed by atoms with Crippen LogP contribution in [0.1, 0.15) is 17.4 Å². The van der Waals surface area contributed by atoms with Crippen LogP contribution in [-0.4, -0.2) is 46.0 Å². The molecule has 0 saturated carbocycles. The first-order chi connectivity index (χ1) is 15.6. The Labute approximate surface area is 201 Å². The number of rotatable bonds is 5. The third kappa shape index (κ3) is 4.46. The number of piperazine rings is 1. The van der Waals surface area contributed by atoms with Gasteiger partial charge in [-0.1, -0.05) is 36.2 Å². The molecule has 1 aliphatic heterocycles. The van der Waals surface area contributed by atoms with Gasteiger partial charge in [-0.05, 0) is 42.3 Å². The van der Waals surface area contributed by atoms with Crippen LogP contribution in [0.3, 0.4) is 0 Å². The molecule has 1 aromatic carbocycles. The molecule has 5 nitrogen and oxygen atoms in total. The van der Waals surface area contributed by atoms with Gasteiger partial charge in [0.15, 0.2) is 5.82 Å². The third-order valence-electron chi connectivity index (χ3n) is 5.77. The van der Waals surface area contributed by atoms with Crippen LogP contribution in [0.25, 0.3) is 21.6 Å². The molecule has 1 fully saturated rings. The van der Waals surface area contributed by atoms with E-state index in [1.54, 1.807) is 17.5 Å². The van der Waals surface area contributed by atoms with E-state index in [2.05, 4.69) is 27.8 Å². The van der Waals surface area contributed by atoms with E-state index in [4.69, 9.17) is 33.2 Å². The molecule has 0 atom stereocenters. The van der Waals surface area contributed by atoms with E-state index in [1.165, 1.54) is 4.88 Å². The van der Waals surface area contributed by atoms with Crippen LogP contribution in [0.2, 0.25) is 10.0 Å². The van der Waals surface area contributed by atoms with E-state index in [1.807, 2.05) is 36.5 Å². The number of hydrogen-bond donors (Lipinski definition) is 0. The molecule has 1 aliphatic rings. The minimum absolute atomic E-state index is 0.669. The van der Waals surface area contributed by atoms with Gasteiger partial charge in [0.25, 0.3) is 0 Å². The zero-order valence-corrected chi connectivity index (χ0v) is 20.1. The number of aryl methyl sites for hydroxylation is 1. The zero-order valence-electron chi connectivity index (χ0n) is 17.8. The maximum absolute atomic E-state index is 6.39. The smallest absolute Gasteiger partial charge is 0.164 e. The molecule has 164 valence electrons. The van der Waals surface area contributed by atoms with Gasteiger partial charge in [-0.2, -0.15) is 0 Å². The summed E-state index contributed by atoms with van der Waals surface area (Å²) in [6, 6.07) is 11.9. The van der Waals surface area contributed by atoms with Gasteiger partial charge in [0.2, 0.25) is 0 Å². The van der Waals surface area contributed by atoms with Gasteiger partial charge in [0, 0.05) is 65.6 Å². The third-order valence-corrected chi connectivity index (χ3v) is 7.53. The van der Waals surface area contributed by atoms with E-state index in [-0.39, 0.29) is 0 Å². The summed E-state index contributed by atoms with van der Waals surface area (Å²) in [5, 5.41) is 2.54. The largest absolute Gasteiger partial charge is 0.353 e. The van der Waals surface area contributed by atoms with E-state index in [9.17, 15) is 0 Å². The summed E-state index contributed by atoms with van der Waals surface area (Å²) in [7, 11) is 0. The molecule has 0 bridgehead atoms. The second-order valence-electron chi connectivity index (χ2n) is 7.90. The van der Waals surface area contributed by atoms with E-state index >= 15 is 0 Å². The minimum Gasteiger partial charge on any atom is -0.353 e. The number of fused-ring (bicyclic) bond motifs is 1. The molecule has 4 aromatic rings. The maximum Gasteiger partial charge on any atom is 0.164 e. The molecule has 0 N–H and O–H groups in total. The average molecular weight is 484 g/mol. The van der Waals surface area contributed by atoms with Gasteiger partial charge < -0.3 is 4.90 Å². The Morgan fingerprint density at radius 3 is 2.59 bits per heavy atom. The molecule has 5 rings (SSSR count). The Hall–Kier alpha value is -2.25. The van der Waals surface area contributed by atoms with Gasteiger partial charge in [-0.3, -0.25) is 9.88 Å². The standard InChI is InChI=1S/C24H23Cl2N5S/c1-2-19-13-20-23(28-22(29-24(20)32-19)16-4-3-7-27-14-16)31-10-8-30(9-11-31)15-17-5-6-18(25)12-21(17)26/h3-7,12-14H,2,8-11,15H2,1H3. The summed E-state index contributed by atoms with van der Waals surface area (Å²) in [6.45, 7) is 6.69. The molecule has 0 unspecified atom stereocenters. The topological polar surface area (TPSA) is 45.2 Å². The first kappa shape index (κ1) is 21.6. The Morgan fingerprint density at radius 1 is 1.03 bits per heavy atom. The Kier molecular flexibility index (Phi) is 6.28. The van der Waals surface area contributed by atoms with Crippen molar-refractivity contribution in [3.8, 4) is 11.4 Å². The van der Waals surface area contributed by atoms with Crippen molar-refractivity contribution in [1.29, 1.82) is 0 Å². The summed E-state index contributed by atoms with van der Waals surface area (Å²) in [6.07, 6.45) is 4.60. The molecule has 0 spiro atoms. The van der Waals surface area contributed by atoms with E-state index < -0.39 is 0 Å². The number of aromatic nitrogens is 3. The fourth-order valence-electron chi connectivity index (χ4n) is 4.00. The lowest BCUT2D eigenvalue weighted by molar-refractivity contribution is 0.249.